The third-order valence-electron chi connectivity index (χ3n) is 4.71. The summed E-state index contributed by atoms with van der Waals surface area (Å²) < 4.78 is 10.6. The monoisotopic (exact) mass is 400 g/mol. The van der Waals surface area contributed by atoms with Crippen LogP contribution >= 0.6 is 0 Å². The summed E-state index contributed by atoms with van der Waals surface area (Å²) in [5.74, 6) is 1.58. The van der Waals surface area contributed by atoms with Crippen LogP contribution in [0.5, 0.6) is 17.2 Å². The molecule has 0 atom stereocenters. The van der Waals surface area contributed by atoms with Crippen LogP contribution in [0.4, 0.5) is 5.69 Å². The summed E-state index contributed by atoms with van der Waals surface area (Å²) in [5.41, 5.74) is 2.50. The Hall–Kier alpha value is -4.06. The summed E-state index contributed by atoms with van der Waals surface area (Å²) in [6.45, 7) is 0. The zero-order valence-electron chi connectivity index (χ0n) is 16.6. The van der Waals surface area contributed by atoms with Crippen molar-refractivity contribution in [2.45, 2.75) is 0 Å². The van der Waals surface area contributed by atoms with Gasteiger partial charge in [-0.25, -0.2) is 4.99 Å². The lowest BCUT2D eigenvalue weighted by molar-refractivity contribution is -0.113. The summed E-state index contributed by atoms with van der Waals surface area (Å²) in [4.78, 5) is 19.5. The summed E-state index contributed by atoms with van der Waals surface area (Å²) in [6, 6.07) is 21.4. The molecule has 0 saturated heterocycles. The predicted octanol–water partition coefficient (Wildman–Crippen LogP) is 4.24. The number of methoxy groups -OCH3 is 2. The van der Waals surface area contributed by atoms with Crippen LogP contribution in [0.15, 0.2) is 83.5 Å². The van der Waals surface area contributed by atoms with E-state index in [4.69, 9.17) is 9.47 Å². The number of ether oxygens (including phenoxy) is 2. The molecule has 6 nitrogen and oxygen atoms in total. The number of hydrogen-bond donors (Lipinski definition) is 1. The zero-order valence-corrected chi connectivity index (χ0v) is 16.6. The standard InChI is InChI=1S/C24H20N2O4/c1-29-21-13-8-16(15-22(21)30-2)14-20-24(28)26(18-9-11-19(27)12-10-18)23(25-20)17-6-4-3-5-7-17/h3-15,27H,1-2H3/b20-14+. The molecule has 0 fully saturated rings. The van der Waals surface area contributed by atoms with E-state index in [0.717, 1.165) is 11.1 Å². The van der Waals surface area contributed by atoms with Crippen LogP contribution in [0.1, 0.15) is 11.1 Å². The first-order valence-electron chi connectivity index (χ1n) is 9.32. The number of aliphatic imine (C=N–C) groups is 1. The second-order valence-corrected chi connectivity index (χ2v) is 6.60. The normalized spacial score (nSPS) is 14.7. The van der Waals surface area contributed by atoms with Gasteiger partial charge in [0.05, 0.1) is 19.9 Å². The van der Waals surface area contributed by atoms with Gasteiger partial charge in [0.2, 0.25) is 0 Å². The van der Waals surface area contributed by atoms with E-state index in [1.165, 1.54) is 0 Å². The Morgan fingerprint density at radius 2 is 1.60 bits per heavy atom. The molecule has 150 valence electrons. The maximum atomic E-state index is 13.3. The fourth-order valence-electron chi connectivity index (χ4n) is 3.24. The molecule has 1 aliphatic rings. The average molecular weight is 400 g/mol. The summed E-state index contributed by atoms with van der Waals surface area (Å²) in [6.07, 6.45) is 1.72. The predicted molar refractivity (Wildman–Crippen MR) is 116 cm³/mol. The van der Waals surface area contributed by atoms with Crippen molar-refractivity contribution in [1.82, 2.24) is 0 Å². The highest BCUT2D eigenvalue weighted by Gasteiger charge is 2.32. The molecule has 30 heavy (non-hydrogen) atoms. The van der Waals surface area contributed by atoms with Gasteiger partial charge in [0, 0.05) is 5.56 Å². The molecule has 0 saturated carbocycles. The van der Waals surface area contributed by atoms with Crippen molar-refractivity contribution in [1.29, 1.82) is 0 Å². The highest BCUT2D eigenvalue weighted by molar-refractivity contribution is 6.33. The van der Waals surface area contributed by atoms with Gasteiger partial charge in [0.1, 0.15) is 17.3 Å². The van der Waals surface area contributed by atoms with Gasteiger partial charge in [0.25, 0.3) is 5.91 Å². The van der Waals surface area contributed by atoms with E-state index in [2.05, 4.69) is 4.99 Å². The number of rotatable bonds is 5. The molecule has 1 N–H and O–H groups in total. The van der Waals surface area contributed by atoms with Gasteiger partial charge >= 0.3 is 0 Å². The van der Waals surface area contributed by atoms with Crippen molar-refractivity contribution in [3.63, 3.8) is 0 Å². The fraction of sp³-hybridized carbons (Fsp3) is 0.0833. The number of amides is 1. The van der Waals surface area contributed by atoms with E-state index in [1.54, 1.807) is 61.6 Å². The highest BCUT2D eigenvalue weighted by atomic mass is 16.5. The number of phenolic OH excluding ortho intramolecular Hbond substituents is 1. The maximum absolute atomic E-state index is 13.3. The number of benzene rings is 3. The number of carbonyl (C=O) groups excluding carboxylic acids is 1. The van der Waals surface area contributed by atoms with Gasteiger partial charge in [-0.05, 0) is 48.0 Å². The second kappa shape index (κ2) is 8.13. The lowest BCUT2D eigenvalue weighted by Gasteiger charge is -2.18. The van der Waals surface area contributed by atoms with Crippen molar-refractivity contribution in [2.24, 2.45) is 4.99 Å². The van der Waals surface area contributed by atoms with Crippen molar-refractivity contribution in [2.75, 3.05) is 19.1 Å². The molecule has 0 radical (unpaired) electrons. The van der Waals surface area contributed by atoms with Crippen molar-refractivity contribution in [3.05, 3.63) is 89.6 Å². The number of nitrogens with zero attached hydrogens (tertiary/aromatic N) is 2. The number of carbonyl (C=O) groups is 1. The minimum absolute atomic E-state index is 0.129. The van der Waals surface area contributed by atoms with E-state index in [0.29, 0.717) is 28.7 Å². The highest BCUT2D eigenvalue weighted by Crippen LogP contribution is 2.31. The Bertz CT molecular complexity index is 1140. The topological polar surface area (TPSA) is 71.4 Å². The molecule has 0 bridgehead atoms. The number of phenols is 1. The molecule has 3 aromatic rings. The maximum Gasteiger partial charge on any atom is 0.282 e. The fourth-order valence-corrected chi connectivity index (χ4v) is 3.24. The van der Waals surface area contributed by atoms with E-state index in [-0.39, 0.29) is 11.7 Å². The van der Waals surface area contributed by atoms with Crippen LogP contribution < -0.4 is 14.4 Å². The molecular weight excluding hydrogens is 380 g/mol. The van der Waals surface area contributed by atoms with Crippen LogP contribution in [0.3, 0.4) is 0 Å². The molecular formula is C24H20N2O4. The first-order chi connectivity index (χ1) is 14.6. The molecule has 1 amide bonds. The summed E-state index contributed by atoms with van der Waals surface area (Å²) in [7, 11) is 3.14. The number of amidine groups is 1. The quantitative estimate of drug-likeness (QED) is 0.650. The van der Waals surface area contributed by atoms with Crippen LogP contribution in [-0.4, -0.2) is 31.1 Å². The SMILES string of the molecule is COc1ccc(/C=C2/N=C(c3ccccc3)N(c3ccc(O)cc3)C2=O)cc1OC. The van der Waals surface area contributed by atoms with E-state index < -0.39 is 0 Å². The van der Waals surface area contributed by atoms with Gasteiger partial charge in [-0.1, -0.05) is 36.4 Å². The van der Waals surface area contributed by atoms with E-state index >= 15 is 0 Å². The molecule has 6 heteroatoms. The van der Waals surface area contributed by atoms with E-state index in [9.17, 15) is 9.90 Å². The first kappa shape index (κ1) is 19.3. The molecule has 1 heterocycles. The van der Waals surface area contributed by atoms with Crippen LogP contribution in [-0.2, 0) is 4.79 Å². The van der Waals surface area contributed by atoms with Crippen molar-refractivity contribution >= 4 is 23.5 Å². The van der Waals surface area contributed by atoms with Crippen LogP contribution in [0, 0.1) is 0 Å². The molecule has 4 rings (SSSR count). The number of aromatic hydroxyl groups is 1. The second-order valence-electron chi connectivity index (χ2n) is 6.60. The minimum Gasteiger partial charge on any atom is -0.508 e. The third kappa shape index (κ3) is 3.63. The van der Waals surface area contributed by atoms with Crippen LogP contribution in [0.2, 0.25) is 0 Å². The van der Waals surface area contributed by atoms with Gasteiger partial charge < -0.3 is 14.6 Å². The largest absolute Gasteiger partial charge is 0.508 e. The Morgan fingerprint density at radius 3 is 2.27 bits per heavy atom. The van der Waals surface area contributed by atoms with Gasteiger partial charge in [0.15, 0.2) is 11.5 Å². The first-order valence-corrected chi connectivity index (χ1v) is 9.32. The molecule has 0 aromatic heterocycles. The third-order valence-corrected chi connectivity index (χ3v) is 4.71. The van der Waals surface area contributed by atoms with Crippen molar-refractivity contribution < 1.29 is 19.4 Å². The van der Waals surface area contributed by atoms with E-state index in [1.807, 2.05) is 36.4 Å². The lowest BCUT2D eigenvalue weighted by Crippen LogP contribution is -2.32. The Morgan fingerprint density at radius 1 is 0.900 bits per heavy atom. The average Bonchev–Trinajstić information content (AvgIpc) is 3.10. The van der Waals surface area contributed by atoms with Gasteiger partial charge in [-0.3, -0.25) is 9.69 Å². The van der Waals surface area contributed by atoms with Gasteiger partial charge in [-0.2, -0.15) is 0 Å². The zero-order chi connectivity index (χ0) is 21.1. The van der Waals surface area contributed by atoms with Crippen molar-refractivity contribution in [3.8, 4) is 17.2 Å². The smallest absolute Gasteiger partial charge is 0.282 e. The molecule has 0 spiro atoms. The molecule has 0 unspecified atom stereocenters. The Labute approximate surface area is 174 Å². The van der Waals surface area contributed by atoms with Gasteiger partial charge in [-0.15, -0.1) is 0 Å². The number of hydrogen-bond acceptors (Lipinski definition) is 5. The summed E-state index contributed by atoms with van der Waals surface area (Å²) in [5, 5.41) is 9.62. The molecule has 1 aliphatic heterocycles. The molecule has 0 aliphatic carbocycles. The lowest BCUT2D eigenvalue weighted by atomic mass is 10.1. The number of anilines is 1. The Balaban J connectivity index is 1.79. The summed E-state index contributed by atoms with van der Waals surface area (Å²) >= 11 is 0. The molecule has 3 aromatic carbocycles. The van der Waals surface area contributed by atoms with Crippen LogP contribution in [0.25, 0.3) is 6.08 Å². The Kier molecular flexibility index (Phi) is 5.22. The minimum atomic E-state index is -0.255.